The van der Waals surface area contributed by atoms with Crippen LogP contribution in [0.25, 0.3) is 11.3 Å². The molecule has 1 aromatic carbocycles. The number of hydrogen-bond donors (Lipinski definition) is 1. The molecule has 0 unspecified atom stereocenters. The highest BCUT2D eigenvalue weighted by atomic mass is 16.1. The third kappa shape index (κ3) is 4.07. The molecule has 0 aliphatic heterocycles. The Kier molecular flexibility index (Phi) is 5.01. The fourth-order valence-electron chi connectivity index (χ4n) is 2.59. The van der Waals surface area contributed by atoms with Crippen LogP contribution in [0.1, 0.15) is 18.4 Å². The van der Waals surface area contributed by atoms with Crippen molar-refractivity contribution < 1.29 is 4.79 Å². The van der Waals surface area contributed by atoms with E-state index in [1.807, 2.05) is 23.9 Å². The van der Waals surface area contributed by atoms with E-state index in [9.17, 15) is 4.79 Å². The Morgan fingerprint density at radius 2 is 1.96 bits per heavy atom. The van der Waals surface area contributed by atoms with E-state index in [0.717, 1.165) is 29.8 Å². The first-order valence-corrected chi connectivity index (χ1v) is 7.98. The monoisotopic (exact) mass is 320 g/mol. The van der Waals surface area contributed by atoms with E-state index in [1.165, 1.54) is 5.56 Å². The number of aryl methyl sites for hydroxylation is 2. The minimum Gasteiger partial charge on any atom is -0.334 e. The molecule has 1 amide bonds. The normalized spacial score (nSPS) is 10.5. The van der Waals surface area contributed by atoms with E-state index < -0.39 is 0 Å². The molecular formula is C19H20N4O. The van der Waals surface area contributed by atoms with Crippen LogP contribution in [0, 0.1) is 0 Å². The van der Waals surface area contributed by atoms with Crippen LogP contribution >= 0.6 is 0 Å². The number of rotatable bonds is 6. The summed E-state index contributed by atoms with van der Waals surface area (Å²) >= 11 is 0. The van der Waals surface area contributed by atoms with E-state index >= 15 is 0 Å². The molecule has 0 fully saturated rings. The van der Waals surface area contributed by atoms with Crippen LogP contribution in [0.2, 0.25) is 0 Å². The predicted octanol–water partition coefficient (Wildman–Crippen LogP) is 3.44. The van der Waals surface area contributed by atoms with Crippen LogP contribution in [0.5, 0.6) is 0 Å². The molecule has 5 nitrogen and oxygen atoms in total. The smallest absolute Gasteiger partial charge is 0.224 e. The molecule has 0 bridgehead atoms. The van der Waals surface area contributed by atoms with Gasteiger partial charge in [-0.3, -0.25) is 9.78 Å². The van der Waals surface area contributed by atoms with Crippen molar-refractivity contribution in [1.29, 1.82) is 0 Å². The summed E-state index contributed by atoms with van der Waals surface area (Å²) in [6.07, 6.45) is 9.18. The molecule has 3 aromatic rings. The second-order valence-corrected chi connectivity index (χ2v) is 5.73. The Labute approximate surface area is 141 Å². The topological polar surface area (TPSA) is 59.8 Å². The summed E-state index contributed by atoms with van der Waals surface area (Å²) in [6, 6.07) is 12.1. The number of aromatic nitrogens is 3. The van der Waals surface area contributed by atoms with Crippen LogP contribution in [0.4, 0.5) is 5.69 Å². The molecule has 24 heavy (non-hydrogen) atoms. The maximum Gasteiger partial charge on any atom is 0.224 e. The maximum atomic E-state index is 11.9. The van der Waals surface area contributed by atoms with Gasteiger partial charge in [0.25, 0.3) is 0 Å². The summed E-state index contributed by atoms with van der Waals surface area (Å²) in [5, 5.41) is 2.85. The molecule has 1 N–H and O–H groups in total. The van der Waals surface area contributed by atoms with E-state index in [4.69, 9.17) is 0 Å². The Balaban J connectivity index is 1.48. The lowest BCUT2D eigenvalue weighted by Gasteiger charge is -2.06. The van der Waals surface area contributed by atoms with Crippen molar-refractivity contribution in [2.24, 2.45) is 7.05 Å². The first-order chi connectivity index (χ1) is 11.7. The number of pyridine rings is 1. The molecule has 122 valence electrons. The largest absolute Gasteiger partial charge is 0.334 e. The number of carbonyl (C=O) groups excluding carboxylic acids is 1. The Bertz CT molecular complexity index is 794. The fraction of sp³-hybridized carbons (Fsp3) is 0.211. The zero-order valence-corrected chi connectivity index (χ0v) is 13.6. The van der Waals surface area contributed by atoms with E-state index in [0.29, 0.717) is 6.42 Å². The molecule has 0 atom stereocenters. The van der Waals surface area contributed by atoms with Gasteiger partial charge >= 0.3 is 0 Å². The second kappa shape index (κ2) is 7.55. The zero-order valence-electron chi connectivity index (χ0n) is 13.6. The van der Waals surface area contributed by atoms with E-state index in [1.54, 1.807) is 24.8 Å². The molecule has 0 saturated heterocycles. The van der Waals surface area contributed by atoms with Crippen molar-refractivity contribution in [3.05, 3.63) is 66.9 Å². The van der Waals surface area contributed by atoms with Crippen LogP contribution in [0.3, 0.4) is 0 Å². The summed E-state index contributed by atoms with van der Waals surface area (Å²) in [5.74, 6) is 0.0227. The molecule has 2 aromatic heterocycles. The Morgan fingerprint density at radius 1 is 1.12 bits per heavy atom. The highest BCUT2D eigenvalue weighted by molar-refractivity contribution is 5.90. The molecule has 5 heteroatoms. The Hall–Kier alpha value is -2.95. The minimum atomic E-state index is 0.0227. The van der Waals surface area contributed by atoms with Gasteiger partial charge in [-0.2, -0.15) is 0 Å². The first kappa shape index (κ1) is 15.9. The first-order valence-electron chi connectivity index (χ1n) is 7.98. The molecule has 0 aliphatic carbocycles. The van der Waals surface area contributed by atoms with Crippen molar-refractivity contribution >= 4 is 11.6 Å². The van der Waals surface area contributed by atoms with Gasteiger partial charge in [0, 0.05) is 19.7 Å². The number of anilines is 1. The van der Waals surface area contributed by atoms with Crippen molar-refractivity contribution in [2.45, 2.75) is 19.3 Å². The van der Waals surface area contributed by atoms with E-state index in [2.05, 4.69) is 39.6 Å². The zero-order chi connectivity index (χ0) is 16.8. The average molecular weight is 320 g/mol. The lowest BCUT2D eigenvalue weighted by molar-refractivity contribution is -0.116. The summed E-state index contributed by atoms with van der Waals surface area (Å²) in [4.78, 5) is 20.0. The number of nitrogens with zero attached hydrogens (tertiary/aromatic N) is 3. The van der Waals surface area contributed by atoms with Crippen LogP contribution < -0.4 is 5.32 Å². The molecule has 3 rings (SSSR count). The summed E-state index contributed by atoms with van der Waals surface area (Å²) < 4.78 is 2.00. The van der Waals surface area contributed by atoms with Crippen molar-refractivity contribution in [2.75, 3.05) is 5.32 Å². The number of nitrogens with one attached hydrogen (secondary N) is 1. The molecule has 2 heterocycles. The van der Waals surface area contributed by atoms with Gasteiger partial charge in [0.2, 0.25) is 5.91 Å². The molecule has 0 radical (unpaired) electrons. The molecule has 0 spiro atoms. The summed E-state index contributed by atoms with van der Waals surface area (Å²) in [5.41, 5.74) is 4.21. The lowest BCUT2D eigenvalue weighted by atomic mass is 10.0. The van der Waals surface area contributed by atoms with Crippen molar-refractivity contribution in [3.8, 4) is 11.3 Å². The molecular weight excluding hydrogens is 300 g/mol. The minimum absolute atomic E-state index is 0.0227. The fourth-order valence-corrected chi connectivity index (χ4v) is 2.59. The molecule has 0 saturated carbocycles. The summed E-state index contributed by atoms with van der Waals surface area (Å²) in [6.45, 7) is 0. The van der Waals surface area contributed by atoms with Crippen LogP contribution in [0.15, 0.2) is 61.3 Å². The number of imidazole rings is 1. The van der Waals surface area contributed by atoms with Gasteiger partial charge in [0.05, 0.1) is 30.1 Å². The van der Waals surface area contributed by atoms with Crippen LogP contribution in [-0.2, 0) is 18.3 Å². The van der Waals surface area contributed by atoms with Gasteiger partial charge in [0.15, 0.2) is 0 Å². The SMILES string of the molecule is Cn1cncc1-c1ccc(CCCC(=O)Nc2cccnc2)cc1. The van der Waals surface area contributed by atoms with Gasteiger partial charge in [-0.25, -0.2) is 4.98 Å². The predicted molar refractivity (Wildman–Crippen MR) is 94.4 cm³/mol. The second-order valence-electron chi connectivity index (χ2n) is 5.73. The number of hydrogen-bond acceptors (Lipinski definition) is 3. The van der Waals surface area contributed by atoms with Crippen molar-refractivity contribution in [3.63, 3.8) is 0 Å². The highest BCUT2D eigenvalue weighted by Crippen LogP contribution is 2.19. The molecule has 0 aliphatic rings. The van der Waals surface area contributed by atoms with Gasteiger partial charge in [-0.1, -0.05) is 24.3 Å². The number of benzene rings is 1. The third-order valence-corrected chi connectivity index (χ3v) is 3.88. The quantitative estimate of drug-likeness (QED) is 0.757. The summed E-state index contributed by atoms with van der Waals surface area (Å²) in [7, 11) is 1.98. The standard InChI is InChI=1S/C19H20N4O/c1-23-14-21-13-18(23)16-9-7-15(8-10-16)4-2-6-19(24)22-17-5-3-11-20-12-17/h3,5,7-14H,2,4,6H2,1H3,(H,22,24). The average Bonchev–Trinajstić information content (AvgIpc) is 3.02. The number of carbonyl (C=O) groups is 1. The van der Waals surface area contributed by atoms with Crippen LogP contribution in [-0.4, -0.2) is 20.4 Å². The van der Waals surface area contributed by atoms with Gasteiger partial charge in [-0.05, 0) is 36.1 Å². The van der Waals surface area contributed by atoms with Gasteiger partial charge in [0.1, 0.15) is 0 Å². The van der Waals surface area contributed by atoms with Gasteiger partial charge in [-0.15, -0.1) is 0 Å². The maximum absolute atomic E-state index is 11.9. The lowest BCUT2D eigenvalue weighted by Crippen LogP contribution is -2.11. The van der Waals surface area contributed by atoms with Crippen molar-refractivity contribution in [1.82, 2.24) is 14.5 Å². The highest BCUT2D eigenvalue weighted by Gasteiger charge is 2.04. The Morgan fingerprint density at radius 3 is 2.62 bits per heavy atom. The van der Waals surface area contributed by atoms with E-state index in [-0.39, 0.29) is 5.91 Å². The third-order valence-electron chi connectivity index (χ3n) is 3.88. The number of amides is 1. The van der Waals surface area contributed by atoms with Gasteiger partial charge < -0.3 is 9.88 Å².